The van der Waals surface area contributed by atoms with Crippen LogP contribution in [0.2, 0.25) is 0 Å². The number of hydrogen-bond donors (Lipinski definition) is 19. The van der Waals surface area contributed by atoms with Gasteiger partial charge in [0.1, 0.15) is 48.3 Å². The van der Waals surface area contributed by atoms with Gasteiger partial charge in [0, 0.05) is 74.3 Å². The summed E-state index contributed by atoms with van der Waals surface area (Å²) in [7, 11) is -16.8. The predicted molar refractivity (Wildman–Crippen MR) is 338 cm³/mol. The molecule has 6 amide bonds. The Labute approximate surface area is 561 Å². The third kappa shape index (κ3) is 23.5. The van der Waals surface area contributed by atoms with Crippen LogP contribution in [0.15, 0.2) is 41.7 Å². The number of aliphatic hydroxyl groups excluding tert-OH is 2. The average molecular weight is 1480 g/mol. The normalized spacial score (nSPS) is 19.3. The number of carbonyl (C=O) groups excluding carboxylic acids is 7. The summed E-state index contributed by atoms with van der Waals surface area (Å²) in [6.45, 7) is -0.294. The summed E-state index contributed by atoms with van der Waals surface area (Å²) in [5.74, 6) is -9.39. The maximum atomic E-state index is 13.7. The first-order valence-electron chi connectivity index (χ1n) is 29.2. The number of amides is 6. The van der Waals surface area contributed by atoms with Crippen LogP contribution < -0.4 is 59.1 Å². The summed E-state index contributed by atoms with van der Waals surface area (Å²) in [5, 5.41) is 66.8. The molecule has 1 fully saturated rings. The van der Waals surface area contributed by atoms with E-state index in [-0.39, 0.29) is 65.4 Å². The molecule has 99 heavy (non-hydrogen) atoms. The molecule has 48 heteroatoms. The molecule has 544 valence electrons. The van der Waals surface area contributed by atoms with Crippen molar-refractivity contribution in [2.75, 3.05) is 72.1 Å². The first-order valence-corrected chi connectivity index (χ1v) is 34.7. The van der Waals surface area contributed by atoms with Crippen molar-refractivity contribution in [3.8, 4) is 0 Å². The summed E-state index contributed by atoms with van der Waals surface area (Å²) < 4.78 is 62.8. The van der Waals surface area contributed by atoms with Gasteiger partial charge in [-0.2, -0.15) is 9.29 Å². The summed E-state index contributed by atoms with van der Waals surface area (Å²) in [6, 6.07) is 0.316. The number of carboxylic acids is 3. The molecule has 0 bridgehead atoms. The summed E-state index contributed by atoms with van der Waals surface area (Å²) in [6.07, 6.45) is -10.6. The molecule has 2 aliphatic rings. The van der Waals surface area contributed by atoms with Crippen LogP contribution in [0.1, 0.15) is 75.4 Å². The number of phosphoric acid groups is 3. The number of nitrogens with two attached hydrogens (primary N) is 2. The number of carboxylic acid groups (broad SMARTS) is 3. The fourth-order valence-corrected chi connectivity index (χ4v) is 13.0. The Morgan fingerprint density at radius 3 is 2.07 bits per heavy atom. The Morgan fingerprint density at radius 1 is 0.828 bits per heavy atom. The Morgan fingerprint density at radius 2 is 1.45 bits per heavy atom. The third-order valence-electron chi connectivity index (χ3n) is 14.4. The van der Waals surface area contributed by atoms with Gasteiger partial charge in [-0.15, -0.1) is 0 Å². The molecular weight excluding hydrogens is 1410 g/mol. The maximum absolute atomic E-state index is 13.7. The smallest absolute Gasteiger partial charge is 0.481 e. The summed E-state index contributed by atoms with van der Waals surface area (Å²) in [4.78, 5) is 197. The number of aromatic amines is 1. The van der Waals surface area contributed by atoms with E-state index in [0.717, 1.165) is 31.1 Å². The number of rotatable bonds is 39. The van der Waals surface area contributed by atoms with Gasteiger partial charge >= 0.3 is 41.4 Å². The van der Waals surface area contributed by atoms with Crippen molar-refractivity contribution in [1.29, 1.82) is 0 Å². The molecule has 21 N–H and O–H groups in total. The van der Waals surface area contributed by atoms with Crippen LogP contribution in [0.4, 0.5) is 29.0 Å². The van der Waals surface area contributed by atoms with E-state index in [9.17, 15) is 106 Å². The first kappa shape index (κ1) is 79.3. The number of hydrogen-bond acceptors (Lipinski definition) is 30. The van der Waals surface area contributed by atoms with Crippen LogP contribution >= 0.6 is 35.2 Å². The number of thioether (sulfide) groups is 1. The number of imidazole rings is 1. The number of anilines is 5. The highest BCUT2D eigenvalue weighted by molar-refractivity contribution is 8.13. The number of nitrogens with zero attached hydrogens (tertiary/aromatic N) is 6. The van der Waals surface area contributed by atoms with E-state index in [1.807, 2.05) is 0 Å². The minimum absolute atomic E-state index is 0.00405. The molecule has 1 aromatic carbocycles. The minimum atomic E-state index is -5.71. The molecule has 0 radical (unpaired) electrons. The van der Waals surface area contributed by atoms with Crippen LogP contribution in [-0.2, 0) is 79.5 Å². The highest BCUT2D eigenvalue weighted by Crippen LogP contribution is 2.61. The number of aliphatic carboxylic acids is 3. The average Bonchev–Trinajstić information content (AvgIpc) is 1.72. The van der Waals surface area contributed by atoms with Crippen LogP contribution in [-0.4, -0.2) is 227 Å². The lowest BCUT2D eigenvalue weighted by atomic mass is 9.87. The number of carbonyl (C=O) groups is 10. The standard InChI is InChI=1S/C51H71N16O28P3S/c1-51(2,20-92-98(89,90)95-97(87,88)91-19-30-38(94-96(84,85)86)37(74)46(93-30)66-22-60-35-40(52)58-21-59-42(35)66)39(75)45(78)55-14-13-31(69)54-15-16-99-49(83)29(8-11-33(71)61-27(47(79)80)7-10-32(70)62-28(48(81)82)9-12-34(72)73)63-43(76)24-3-5-25(6-4-24)56-17-26-18-57-41-36(67(26)23-68)44(77)65-50(53)64-41/h3-6,21-23,26-30,37-39,46,56,74-75H,7-20H2,1-2H3,(H,54,69)(H,55,78)(H,61,71)(H,62,70)(H,63,76)(H,72,73)(H,79,80)(H,81,82)(H,87,88)(H,89,90)(H2,52,58,59)(H2,84,85,86)(H4,53,57,64,65,77). The zero-order chi connectivity index (χ0) is 73.3. The molecular formula is C51H71N16O28P3S. The van der Waals surface area contributed by atoms with E-state index < -0.39 is 207 Å². The lowest BCUT2D eigenvalue weighted by Gasteiger charge is -2.34. The van der Waals surface area contributed by atoms with Crippen LogP contribution in [0.25, 0.3) is 11.2 Å². The minimum Gasteiger partial charge on any atom is -0.481 e. The zero-order valence-corrected chi connectivity index (χ0v) is 55.5. The number of nitrogen functional groups attached to an aromatic ring is 2. The van der Waals surface area contributed by atoms with E-state index in [1.54, 1.807) is 0 Å². The van der Waals surface area contributed by atoms with Crippen LogP contribution in [0.3, 0.4) is 0 Å². The van der Waals surface area contributed by atoms with Gasteiger partial charge in [0.2, 0.25) is 41.1 Å². The van der Waals surface area contributed by atoms with E-state index in [4.69, 9.17) is 30.4 Å². The fourth-order valence-electron chi connectivity index (χ4n) is 9.37. The zero-order valence-electron chi connectivity index (χ0n) is 52.0. The van der Waals surface area contributed by atoms with Crippen molar-refractivity contribution in [3.63, 3.8) is 0 Å². The highest BCUT2D eigenvalue weighted by atomic mass is 32.2. The van der Waals surface area contributed by atoms with E-state index in [1.165, 1.54) is 29.2 Å². The Hall–Kier alpha value is -8.65. The Bertz CT molecular complexity index is 3850. The lowest BCUT2D eigenvalue weighted by Crippen LogP contribution is -2.50. The topological polar surface area (TPSA) is 679 Å². The van der Waals surface area contributed by atoms with Gasteiger partial charge in [0.15, 0.2) is 29.2 Å². The number of fused-ring (bicyclic) bond motifs is 2. The number of aromatic nitrogens is 6. The van der Waals surface area contributed by atoms with Crippen LogP contribution in [0.5, 0.6) is 0 Å². The van der Waals surface area contributed by atoms with Gasteiger partial charge in [-0.25, -0.2) is 38.2 Å². The Kier molecular flexibility index (Phi) is 28.0. The van der Waals surface area contributed by atoms with Gasteiger partial charge in [-0.1, -0.05) is 25.6 Å². The van der Waals surface area contributed by atoms with Gasteiger partial charge in [0.05, 0.1) is 31.6 Å². The SMILES string of the molecule is CC(C)(COP(=O)(O)OP(=O)(O)OCC1OC(n2cnc3c(N)ncnc32)C(O)C1OP(=O)(O)O)C(O)C(=O)NCCC(=O)NCCSC(=O)C(CCC(=O)NC(CCC(=O)NC(CCC(=O)O)C(=O)O)C(=O)O)NC(=O)c1ccc(NCC2CNc3nc(N)[nH]c(=O)c3N2C=O)cc1. The van der Waals surface area contributed by atoms with Gasteiger partial charge in [-0.3, -0.25) is 66.3 Å². The molecule has 11 unspecified atom stereocenters. The van der Waals surface area contributed by atoms with Gasteiger partial charge in [0.25, 0.3) is 11.5 Å². The first-order chi connectivity index (χ1) is 46.4. The highest BCUT2D eigenvalue weighted by Gasteiger charge is 2.50. The van der Waals surface area contributed by atoms with Crippen molar-refractivity contribution in [2.24, 2.45) is 5.41 Å². The molecule has 0 spiro atoms. The van der Waals surface area contributed by atoms with E-state index in [2.05, 4.69) is 71.0 Å². The number of aliphatic hydroxyl groups is 2. The second kappa shape index (κ2) is 34.9. The molecule has 44 nitrogen and oxygen atoms in total. The molecule has 0 saturated carbocycles. The Balaban J connectivity index is 0.976. The van der Waals surface area contributed by atoms with Gasteiger partial charge < -0.3 is 103 Å². The largest absolute Gasteiger partial charge is 0.481 e. The van der Waals surface area contributed by atoms with Crippen molar-refractivity contribution in [3.05, 3.63) is 52.8 Å². The van der Waals surface area contributed by atoms with Crippen LogP contribution in [0, 0.1) is 5.41 Å². The van der Waals surface area contributed by atoms with E-state index >= 15 is 0 Å². The maximum Gasteiger partial charge on any atom is 0.481 e. The number of phosphoric ester groups is 3. The quantitative estimate of drug-likeness (QED) is 0.0117. The molecule has 2 aliphatic heterocycles. The third-order valence-corrected chi connectivity index (χ3v) is 18.5. The van der Waals surface area contributed by atoms with E-state index in [0.29, 0.717) is 23.9 Å². The van der Waals surface area contributed by atoms with Gasteiger partial charge in [-0.05, 0) is 43.5 Å². The second-order valence-corrected chi connectivity index (χ2v) is 27.7. The molecule has 6 rings (SSSR count). The number of benzene rings is 1. The lowest BCUT2D eigenvalue weighted by molar-refractivity contribution is -0.144. The number of nitrogens with one attached hydrogen (secondary N) is 8. The van der Waals surface area contributed by atoms with Crippen molar-refractivity contribution >= 4 is 134 Å². The van der Waals surface area contributed by atoms with Crippen molar-refractivity contribution in [2.45, 2.75) is 114 Å². The molecule has 5 heterocycles. The molecule has 0 aliphatic carbocycles. The van der Waals surface area contributed by atoms with Crippen molar-refractivity contribution in [1.82, 2.24) is 56.1 Å². The molecule has 3 aromatic heterocycles. The monoisotopic (exact) mass is 1480 g/mol. The second-order valence-electron chi connectivity index (χ2n) is 22.3. The number of ether oxygens (including phenoxy) is 1. The predicted octanol–water partition coefficient (Wildman–Crippen LogP) is -3.44. The van der Waals surface area contributed by atoms with Crippen molar-refractivity contribution < 1.29 is 129 Å². The fraction of sp³-hybridized carbons (Fsp3) is 0.510. The summed E-state index contributed by atoms with van der Waals surface area (Å²) >= 11 is 0.596. The molecule has 1 saturated heterocycles. The summed E-state index contributed by atoms with van der Waals surface area (Å²) in [5.41, 5.74) is 9.38. The number of H-pyrrole nitrogens is 1. The molecule has 4 aromatic rings. The molecule has 11 atom stereocenters.